The average molecular weight is 449 g/mol. The molecule has 158 valence electrons. The lowest BCUT2D eigenvalue weighted by Gasteiger charge is -2.17. The number of thioether (sulfide) groups is 1. The highest BCUT2D eigenvalue weighted by atomic mass is 35.5. The zero-order valence-corrected chi connectivity index (χ0v) is 18.5. The number of halogens is 1. The van der Waals surface area contributed by atoms with Crippen molar-refractivity contribution in [3.05, 3.63) is 68.5 Å². The van der Waals surface area contributed by atoms with E-state index in [1.165, 1.54) is 26.0 Å². The van der Waals surface area contributed by atoms with Gasteiger partial charge in [-0.3, -0.25) is 14.7 Å². The van der Waals surface area contributed by atoms with Gasteiger partial charge in [0.1, 0.15) is 11.1 Å². The lowest BCUT2D eigenvalue weighted by atomic mass is 10.1. The Bertz CT molecular complexity index is 1070. The van der Waals surface area contributed by atoms with Gasteiger partial charge in [0.25, 0.3) is 0 Å². The van der Waals surface area contributed by atoms with Crippen LogP contribution in [0.25, 0.3) is 5.69 Å². The molecule has 0 aliphatic rings. The Kier molecular flexibility index (Phi) is 6.84. The number of rotatable bonds is 8. The van der Waals surface area contributed by atoms with E-state index in [2.05, 4.69) is 10.2 Å². The van der Waals surface area contributed by atoms with Gasteiger partial charge >= 0.3 is 0 Å². The third kappa shape index (κ3) is 4.68. The first-order chi connectivity index (χ1) is 14.3. The van der Waals surface area contributed by atoms with Crippen LogP contribution in [0.2, 0.25) is 5.02 Å². The van der Waals surface area contributed by atoms with Crippen LogP contribution in [-0.4, -0.2) is 40.5 Å². The molecule has 1 atom stereocenters. The number of ether oxygens (including phenoxy) is 2. The molecule has 3 aromatic rings. The molecule has 8 nitrogen and oxygen atoms in total. The van der Waals surface area contributed by atoms with Crippen molar-refractivity contribution in [1.82, 2.24) is 14.8 Å². The fourth-order valence-corrected chi connectivity index (χ4v) is 4.62. The second-order valence-electron chi connectivity index (χ2n) is 6.55. The molecule has 0 unspecified atom stereocenters. The summed E-state index contributed by atoms with van der Waals surface area (Å²) in [4.78, 5) is 11.0. The van der Waals surface area contributed by atoms with Crippen LogP contribution >= 0.6 is 23.4 Å². The fourth-order valence-electron chi connectivity index (χ4n) is 3.06. The van der Waals surface area contributed by atoms with Crippen LogP contribution in [0.5, 0.6) is 11.5 Å². The Labute approximate surface area is 183 Å². The van der Waals surface area contributed by atoms with Crippen molar-refractivity contribution >= 4 is 23.4 Å². The quantitative estimate of drug-likeness (QED) is 0.281. The summed E-state index contributed by atoms with van der Waals surface area (Å²) < 4.78 is 12.5. The van der Waals surface area contributed by atoms with Gasteiger partial charge in [-0.05, 0) is 43.2 Å². The van der Waals surface area contributed by atoms with Gasteiger partial charge in [-0.15, -0.1) is 10.2 Å². The number of hydrogen-bond donors (Lipinski definition) is 0. The third-order valence-electron chi connectivity index (χ3n) is 4.47. The van der Waals surface area contributed by atoms with Crippen LogP contribution in [0.1, 0.15) is 22.2 Å². The highest BCUT2D eigenvalue weighted by molar-refractivity contribution is 7.99. The Balaban J connectivity index is 2.05. The number of methoxy groups -OCH3 is 2. The van der Waals surface area contributed by atoms with Crippen molar-refractivity contribution in [1.29, 1.82) is 0 Å². The molecule has 0 saturated carbocycles. The van der Waals surface area contributed by atoms with Crippen LogP contribution in [0.4, 0.5) is 0 Å². The molecule has 10 heteroatoms. The molecule has 1 heterocycles. The first kappa shape index (κ1) is 21.9. The van der Waals surface area contributed by atoms with Gasteiger partial charge in [0.2, 0.25) is 6.54 Å². The summed E-state index contributed by atoms with van der Waals surface area (Å²) in [6.45, 7) is 3.49. The summed E-state index contributed by atoms with van der Waals surface area (Å²) in [5.74, 6) is 1.58. The molecule has 0 N–H and O–H groups in total. The van der Waals surface area contributed by atoms with Crippen LogP contribution in [0.3, 0.4) is 0 Å². The maximum absolute atomic E-state index is 11.4. The maximum atomic E-state index is 11.4. The number of benzene rings is 2. The molecule has 0 aliphatic heterocycles. The predicted molar refractivity (Wildman–Crippen MR) is 116 cm³/mol. The smallest absolute Gasteiger partial charge is 0.220 e. The monoisotopic (exact) mass is 448 g/mol. The zero-order chi connectivity index (χ0) is 21.8. The van der Waals surface area contributed by atoms with E-state index in [9.17, 15) is 10.1 Å². The Morgan fingerprint density at radius 1 is 1.17 bits per heavy atom. The molecule has 1 aromatic heterocycles. The van der Waals surface area contributed by atoms with Crippen LogP contribution in [0, 0.1) is 24.0 Å². The molecular weight excluding hydrogens is 428 g/mol. The summed E-state index contributed by atoms with van der Waals surface area (Å²) >= 11 is 7.68. The highest BCUT2D eigenvalue weighted by Gasteiger charge is 2.27. The van der Waals surface area contributed by atoms with Crippen molar-refractivity contribution in [3.63, 3.8) is 0 Å². The topological polar surface area (TPSA) is 92.3 Å². The van der Waals surface area contributed by atoms with E-state index in [4.69, 9.17) is 21.1 Å². The predicted octanol–water partition coefficient (Wildman–Crippen LogP) is 4.66. The lowest BCUT2D eigenvalue weighted by Crippen LogP contribution is -2.12. The van der Waals surface area contributed by atoms with Gasteiger partial charge in [0, 0.05) is 21.7 Å². The number of nitrogens with zero attached hydrogens (tertiary/aromatic N) is 4. The van der Waals surface area contributed by atoms with Crippen LogP contribution in [-0.2, 0) is 0 Å². The van der Waals surface area contributed by atoms with E-state index in [-0.39, 0.29) is 11.5 Å². The van der Waals surface area contributed by atoms with Crippen LogP contribution in [0.15, 0.2) is 41.6 Å². The van der Waals surface area contributed by atoms with E-state index >= 15 is 0 Å². The highest BCUT2D eigenvalue weighted by Crippen LogP contribution is 2.43. The second-order valence-corrected chi connectivity index (χ2v) is 8.13. The van der Waals surface area contributed by atoms with E-state index in [1.54, 1.807) is 12.1 Å². The van der Waals surface area contributed by atoms with Crippen molar-refractivity contribution in [2.75, 3.05) is 20.8 Å². The Hall–Kier alpha value is -2.78. The molecule has 30 heavy (non-hydrogen) atoms. The summed E-state index contributed by atoms with van der Waals surface area (Å²) in [5.41, 5.74) is 2.53. The Morgan fingerprint density at radius 2 is 1.87 bits per heavy atom. The molecule has 0 fully saturated rings. The third-order valence-corrected chi connectivity index (χ3v) is 5.96. The first-order valence-corrected chi connectivity index (χ1v) is 10.3. The molecule has 3 rings (SSSR count). The molecule has 0 aliphatic carbocycles. The largest absolute Gasteiger partial charge is 0.493 e. The van der Waals surface area contributed by atoms with Crippen molar-refractivity contribution < 1.29 is 14.4 Å². The molecule has 0 saturated heterocycles. The minimum atomic E-state index is -0.612. The summed E-state index contributed by atoms with van der Waals surface area (Å²) in [7, 11) is 3.01. The first-order valence-electron chi connectivity index (χ1n) is 9.03. The summed E-state index contributed by atoms with van der Waals surface area (Å²) in [5, 5.41) is 20.1. The van der Waals surface area contributed by atoms with Gasteiger partial charge < -0.3 is 9.47 Å². The summed E-state index contributed by atoms with van der Waals surface area (Å²) in [6.07, 6.45) is 0. The van der Waals surface area contributed by atoms with Gasteiger partial charge in [-0.1, -0.05) is 35.5 Å². The van der Waals surface area contributed by atoms with Gasteiger partial charge in [0.15, 0.2) is 16.7 Å². The van der Waals surface area contributed by atoms with Crippen molar-refractivity contribution in [2.45, 2.75) is 24.3 Å². The zero-order valence-electron chi connectivity index (χ0n) is 17.0. The van der Waals surface area contributed by atoms with Gasteiger partial charge in [-0.25, -0.2) is 0 Å². The molecule has 0 bridgehead atoms. The SMILES string of the molecule is COc1cc(Cl)c([C@@H](C[N+](=O)[O-])Sc2nnc(C)n2-c2cccc(C)c2)cc1OC. The normalized spacial score (nSPS) is 11.9. The van der Waals surface area contributed by atoms with Crippen LogP contribution < -0.4 is 9.47 Å². The Morgan fingerprint density at radius 3 is 2.50 bits per heavy atom. The number of hydrogen-bond acceptors (Lipinski definition) is 7. The summed E-state index contributed by atoms with van der Waals surface area (Å²) in [6, 6.07) is 11.2. The lowest BCUT2D eigenvalue weighted by molar-refractivity contribution is -0.479. The van der Waals surface area contributed by atoms with E-state index in [0.717, 1.165) is 11.3 Å². The maximum Gasteiger partial charge on any atom is 0.220 e. The minimum Gasteiger partial charge on any atom is -0.493 e. The van der Waals surface area contributed by atoms with E-state index in [0.29, 0.717) is 33.1 Å². The van der Waals surface area contributed by atoms with Gasteiger partial charge in [-0.2, -0.15) is 0 Å². The average Bonchev–Trinajstić information content (AvgIpc) is 3.06. The number of nitro groups is 1. The molecule has 0 amide bonds. The molecule has 2 aromatic carbocycles. The molecular formula is C20H21ClN4O4S. The van der Waals surface area contributed by atoms with Gasteiger partial charge in [0.05, 0.1) is 14.2 Å². The van der Waals surface area contributed by atoms with E-state index in [1.807, 2.05) is 42.7 Å². The molecule has 0 radical (unpaired) electrons. The number of aryl methyl sites for hydroxylation is 2. The number of aromatic nitrogens is 3. The van der Waals surface area contributed by atoms with Crippen molar-refractivity contribution in [3.8, 4) is 17.2 Å². The van der Waals surface area contributed by atoms with Crippen molar-refractivity contribution in [2.24, 2.45) is 0 Å². The minimum absolute atomic E-state index is 0.348. The fraction of sp³-hybridized carbons (Fsp3) is 0.300. The molecule has 0 spiro atoms. The standard InChI is InChI=1S/C20H21ClN4O4S/c1-12-6-5-7-14(8-12)25-13(2)22-23-20(25)30-19(11-24(26)27)15-9-17(28-3)18(29-4)10-16(15)21/h5-10,19H,11H2,1-4H3/t19-/m1/s1. The van der Waals surface area contributed by atoms with E-state index < -0.39 is 5.25 Å². The second kappa shape index (κ2) is 9.36.